The van der Waals surface area contributed by atoms with Crippen molar-refractivity contribution >= 4 is 18.3 Å². The number of hydrogen-bond donors (Lipinski definition) is 0. The molecule has 3 rings (SSSR count). The molecule has 2 aromatic carbocycles. The van der Waals surface area contributed by atoms with Gasteiger partial charge in [-0.2, -0.15) is 0 Å². The van der Waals surface area contributed by atoms with Crippen LogP contribution in [-0.4, -0.2) is 62.1 Å². The Bertz CT molecular complexity index is 763. The van der Waals surface area contributed by atoms with E-state index in [4.69, 9.17) is 9.47 Å². The summed E-state index contributed by atoms with van der Waals surface area (Å²) in [7, 11) is 1.66. The molecule has 5 nitrogen and oxygen atoms in total. The maximum absolute atomic E-state index is 12.9. The van der Waals surface area contributed by atoms with Gasteiger partial charge in [0.1, 0.15) is 23.9 Å². The van der Waals surface area contributed by atoms with Crippen LogP contribution >= 0.6 is 12.4 Å². The molecule has 0 spiro atoms. The first kappa shape index (κ1) is 24.0. The third kappa shape index (κ3) is 7.50. The monoisotopic (exact) mass is 436 g/mol. The lowest BCUT2D eigenvalue weighted by molar-refractivity contribution is -0.133. The van der Waals surface area contributed by atoms with Gasteiger partial charge in [-0.05, 0) is 54.8 Å². The molecule has 1 amide bonds. The van der Waals surface area contributed by atoms with Gasteiger partial charge in [-0.1, -0.05) is 12.1 Å². The number of piperazine rings is 1. The molecule has 7 heteroatoms. The van der Waals surface area contributed by atoms with E-state index in [1.165, 1.54) is 17.7 Å². The summed E-state index contributed by atoms with van der Waals surface area (Å²) in [6.45, 7) is 4.60. The number of carbonyl (C=O) groups is 1. The number of ether oxygens (including phenoxy) is 2. The van der Waals surface area contributed by atoms with Crippen LogP contribution in [0.4, 0.5) is 4.39 Å². The van der Waals surface area contributed by atoms with Gasteiger partial charge in [0, 0.05) is 39.1 Å². The molecule has 0 bridgehead atoms. The third-order valence-electron chi connectivity index (χ3n) is 5.23. The van der Waals surface area contributed by atoms with Crippen LogP contribution in [0.3, 0.4) is 0 Å². The molecule has 1 heterocycles. The van der Waals surface area contributed by atoms with Crippen molar-refractivity contribution in [2.24, 2.45) is 0 Å². The Morgan fingerprint density at radius 3 is 2.23 bits per heavy atom. The maximum Gasteiger partial charge on any atom is 0.222 e. The van der Waals surface area contributed by atoms with E-state index in [9.17, 15) is 9.18 Å². The number of hydrogen-bond acceptors (Lipinski definition) is 4. The van der Waals surface area contributed by atoms with Gasteiger partial charge in [0.25, 0.3) is 0 Å². The van der Waals surface area contributed by atoms with Crippen LogP contribution in [0.5, 0.6) is 11.5 Å². The lowest BCUT2D eigenvalue weighted by Gasteiger charge is -2.34. The summed E-state index contributed by atoms with van der Waals surface area (Å²) in [5.74, 6) is 1.51. The third-order valence-corrected chi connectivity index (χ3v) is 5.23. The molecule has 0 N–H and O–H groups in total. The first-order valence-corrected chi connectivity index (χ1v) is 10.2. The van der Waals surface area contributed by atoms with Gasteiger partial charge in [-0.15, -0.1) is 12.4 Å². The normalized spacial score (nSPS) is 14.1. The average molecular weight is 437 g/mol. The van der Waals surface area contributed by atoms with Crippen LogP contribution in [-0.2, 0) is 11.2 Å². The van der Waals surface area contributed by atoms with E-state index >= 15 is 0 Å². The van der Waals surface area contributed by atoms with Crippen LogP contribution in [0.25, 0.3) is 0 Å². The molecule has 0 aliphatic carbocycles. The van der Waals surface area contributed by atoms with Crippen molar-refractivity contribution in [3.8, 4) is 11.5 Å². The van der Waals surface area contributed by atoms with Crippen molar-refractivity contribution in [2.45, 2.75) is 19.3 Å². The van der Waals surface area contributed by atoms with Crippen molar-refractivity contribution in [3.63, 3.8) is 0 Å². The fourth-order valence-electron chi connectivity index (χ4n) is 3.44. The van der Waals surface area contributed by atoms with Crippen LogP contribution in [0.1, 0.15) is 18.4 Å². The zero-order valence-electron chi connectivity index (χ0n) is 17.4. The van der Waals surface area contributed by atoms with Crippen molar-refractivity contribution in [1.29, 1.82) is 0 Å². The Balaban J connectivity index is 0.00000320. The molecule has 164 valence electrons. The van der Waals surface area contributed by atoms with E-state index in [2.05, 4.69) is 17.0 Å². The zero-order chi connectivity index (χ0) is 20.5. The lowest BCUT2D eigenvalue weighted by Crippen LogP contribution is -2.49. The van der Waals surface area contributed by atoms with Gasteiger partial charge in [-0.25, -0.2) is 4.39 Å². The van der Waals surface area contributed by atoms with Gasteiger partial charge in [0.2, 0.25) is 5.91 Å². The van der Waals surface area contributed by atoms with E-state index < -0.39 is 0 Å². The number of carbonyl (C=O) groups excluding carboxylic acids is 1. The van der Waals surface area contributed by atoms with Gasteiger partial charge in [0.15, 0.2) is 0 Å². The van der Waals surface area contributed by atoms with Crippen molar-refractivity contribution in [3.05, 3.63) is 59.9 Å². The van der Waals surface area contributed by atoms with E-state index in [1.807, 2.05) is 17.0 Å². The number of halogens is 2. The molecule has 1 saturated heterocycles. The summed E-state index contributed by atoms with van der Waals surface area (Å²) >= 11 is 0. The molecule has 0 aromatic heterocycles. The highest BCUT2D eigenvalue weighted by atomic mass is 35.5. The largest absolute Gasteiger partial charge is 0.497 e. The Hall–Kier alpha value is -2.31. The minimum atomic E-state index is -0.262. The number of aryl methyl sites for hydroxylation is 1. The second-order valence-electron chi connectivity index (χ2n) is 7.23. The van der Waals surface area contributed by atoms with Crippen molar-refractivity contribution < 1.29 is 18.7 Å². The predicted molar refractivity (Wildman–Crippen MR) is 118 cm³/mol. The first-order chi connectivity index (χ1) is 14.1. The minimum absolute atomic E-state index is 0. The Labute approximate surface area is 184 Å². The van der Waals surface area contributed by atoms with E-state index in [0.717, 1.165) is 51.3 Å². The van der Waals surface area contributed by atoms with Gasteiger partial charge in [-0.3, -0.25) is 9.69 Å². The first-order valence-electron chi connectivity index (χ1n) is 10.2. The highest BCUT2D eigenvalue weighted by Crippen LogP contribution is 2.14. The molecule has 1 fully saturated rings. The Morgan fingerprint density at radius 1 is 0.967 bits per heavy atom. The van der Waals surface area contributed by atoms with Gasteiger partial charge >= 0.3 is 0 Å². The smallest absolute Gasteiger partial charge is 0.222 e. The second kappa shape index (κ2) is 12.4. The molecule has 30 heavy (non-hydrogen) atoms. The summed E-state index contributed by atoms with van der Waals surface area (Å²) in [6, 6.07) is 14.1. The second-order valence-corrected chi connectivity index (χ2v) is 7.23. The molecule has 2 aromatic rings. The molecule has 1 aliphatic heterocycles. The summed E-state index contributed by atoms with van der Waals surface area (Å²) in [6.07, 6.45) is 2.34. The van der Waals surface area contributed by atoms with Gasteiger partial charge < -0.3 is 14.4 Å². The zero-order valence-corrected chi connectivity index (χ0v) is 18.2. The van der Waals surface area contributed by atoms with Crippen molar-refractivity contribution in [1.82, 2.24) is 9.80 Å². The summed E-state index contributed by atoms with van der Waals surface area (Å²) in [5.41, 5.74) is 1.23. The molecular formula is C23H30ClFN2O3. The number of benzene rings is 2. The van der Waals surface area contributed by atoms with Crippen molar-refractivity contribution in [2.75, 3.05) is 46.4 Å². The van der Waals surface area contributed by atoms with E-state index in [-0.39, 0.29) is 24.1 Å². The average Bonchev–Trinajstić information content (AvgIpc) is 2.76. The van der Waals surface area contributed by atoms with E-state index in [0.29, 0.717) is 18.8 Å². The van der Waals surface area contributed by atoms with E-state index in [1.54, 1.807) is 19.2 Å². The molecular weight excluding hydrogens is 407 g/mol. The standard InChI is InChI=1S/C23H29FN2O3.ClH/c1-28-21-9-5-19(6-10-21)3-2-4-23(27)26-15-13-25(14-16-26)17-18-29-22-11-7-20(24)8-12-22;/h5-12H,2-4,13-18H2,1H3;1H. The summed E-state index contributed by atoms with van der Waals surface area (Å²) < 4.78 is 23.7. The fraction of sp³-hybridized carbons (Fsp3) is 0.435. The molecule has 0 unspecified atom stereocenters. The predicted octanol–water partition coefficient (Wildman–Crippen LogP) is 3.80. The highest BCUT2D eigenvalue weighted by Gasteiger charge is 2.20. The lowest BCUT2D eigenvalue weighted by atomic mass is 10.1. The van der Waals surface area contributed by atoms with Crippen LogP contribution in [0.2, 0.25) is 0 Å². The number of rotatable bonds is 9. The topological polar surface area (TPSA) is 42.0 Å². The Kier molecular flexibility index (Phi) is 9.91. The quantitative estimate of drug-likeness (QED) is 0.599. The number of amides is 1. The highest BCUT2D eigenvalue weighted by molar-refractivity contribution is 5.85. The number of methoxy groups -OCH3 is 1. The molecule has 0 saturated carbocycles. The SMILES string of the molecule is COc1ccc(CCCC(=O)N2CCN(CCOc3ccc(F)cc3)CC2)cc1.Cl. The fourth-order valence-corrected chi connectivity index (χ4v) is 3.44. The van der Waals surface area contributed by atoms with Crippen LogP contribution < -0.4 is 9.47 Å². The molecule has 0 atom stereocenters. The molecule has 1 aliphatic rings. The minimum Gasteiger partial charge on any atom is -0.497 e. The van der Waals surface area contributed by atoms with Crippen LogP contribution in [0.15, 0.2) is 48.5 Å². The Morgan fingerprint density at radius 2 is 1.60 bits per heavy atom. The summed E-state index contributed by atoms with van der Waals surface area (Å²) in [4.78, 5) is 16.7. The number of nitrogens with zero attached hydrogens (tertiary/aromatic N) is 2. The summed E-state index contributed by atoms with van der Waals surface area (Å²) in [5, 5.41) is 0. The molecule has 0 radical (unpaired) electrons. The maximum atomic E-state index is 12.9. The van der Waals surface area contributed by atoms with Gasteiger partial charge in [0.05, 0.1) is 7.11 Å². The van der Waals surface area contributed by atoms with Crippen LogP contribution in [0, 0.1) is 5.82 Å².